The Morgan fingerprint density at radius 2 is 2.26 bits per heavy atom. The number of pyridine rings is 1. The second-order valence-corrected chi connectivity index (χ2v) is 5.67. The highest BCUT2D eigenvalue weighted by Crippen LogP contribution is 2.30. The molecule has 1 saturated carbocycles. The Labute approximate surface area is 115 Å². The first-order valence-corrected chi connectivity index (χ1v) is 7.14. The number of aromatic nitrogens is 1. The van der Waals surface area contributed by atoms with Crippen molar-refractivity contribution in [2.75, 3.05) is 19.0 Å². The van der Waals surface area contributed by atoms with Crippen LogP contribution < -0.4 is 10.2 Å². The van der Waals surface area contributed by atoms with Gasteiger partial charge in [0.2, 0.25) is 0 Å². The molecular formula is C15H24FN3. The van der Waals surface area contributed by atoms with Crippen LogP contribution in [0, 0.1) is 11.7 Å². The summed E-state index contributed by atoms with van der Waals surface area (Å²) in [5.41, 5.74) is 0.684. The number of hydrogen-bond donors (Lipinski definition) is 1. The highest BCUT2D eigenvalue weighted by Gasteiger charge is 2.25. The summed E-state index contributed by atoms with van der Waals surface area (Å²) in [6.45, 7) is 2.82. The van der Waals surface area contributed by atoms with Gasteiger partial charge in [-0.25, -0.2) is 9.37 Å². The summed E-state index contributed by atoms with van der Waals surface area (Å²) in [5.74, 6) is 1.04. The molecule has 0 aromatic carbocycles. The Morgan fingerprint density at radius 3 is 2.95 bits per heavy atom. The fourth-order valence-electron chi connectivity index (χ4n) is 2.97. The van der Waals surface area contributed by atoms with Crippen molar-refractivity contribution in [3.63, 3.8) is 0 Å². The third-order valence-corrected chi connectivity index (χ3v) is 4.11. The molecule has 2 atom stereocenters. The molecule has 1 N–H and O–H groups in total. The van der Waals surface area contributed by atoms with Crippen LogP contribution in [-0.2, 0) is 6.54 Å². The smallest absolute Gasteiger partial charge is 0.170 e. The Kier molecular flexibility index (Phi) is 4.75. The van der Waals surface area contributed by atoms with E-state index in [0.29, 0.717) is 24.0 Å². The van der Waals surface area contributed by atoms with E-state index in [2.05, 4.69) is 17.2 Å². The van der Waals surface area contributed by atoms with Crippen molar-refractivity contribution >= 4 is 5.82 Å². The quantitative estimate of drug-likeness (QED) is 0.907. The van der Waals surface area contributed by atoms with E-state index in [1.807, 2.05) is 19.0 Å². The average molecular weight is 265 g/mol. The maximum Gasteiger partial charge on any atom is 0.170 e. The minimum atomic E-state index is -0.183. The molecule has 4 heteroatoms. The zero-order valence-corrected chi connectivity index (χ0v) is 12.1. The molecule has 106 valence electrons. The molecule has 0 radical (unpaired) electrons. The summed E-state index contributed by atoms with van der Waals surface area (Å²) < 4.78 is 14.4. The molecule has 1 aromatic heterocycles. The topological polar surface area (TPSA) is 28.2 Å². The molecule has 1 aliphatic carbocycles. The molecule has 19 heavy (non-hydrogen) atoms. The molecule has 0 amide bonds. The first-order chi connectivity index (χ1) is 9.13. The van der Waals surface area contributed by atoms with Gasteiger partial charge in [-0.3, -0.25) is 0 Å². The first-order valence-electron chi connectivity index (χ1n) is 7.14. The number of anilines is 1. The number of rotatable bonds is 4. The van der Waals surface area contributed by atoms with Gasteiger partial charge in [-0.15, -0.1) is 0 Å². The predicted molar refractivity (Wildman–Crippen MR) is 76.8 cm³/mol. The van der Waals surface area contributed by atoms with Gasteiger partial charge in [-0.05, 0) is 31.9 Å². The van der Waals surface area contributed by atoms with Gasteiger partial charge in [0.1, 0.15) is 0 Å². The molecule has 2 unspecified atom stereocenters. The van der Waals surface area contributed by atoms with Crippen LogP contribution in [0.4, 0.5) is 10.2 Å². The number of nitrogens with zero attached hydrogens (tertiary/aromatic N) is 2. The predicted octanol–water partition coefficient (Wildman–Crippen LogP) is 2.96. The molecule has 0 bridgehead atoms. The van der Waals surface area contributed by atoms with Crippen molar-refractivity contribution in [3.05, 3.63) is 23.6 Å². The average Bonchev–Trinajstić information content (AvgIpc) is 2.41. The molecule has 0 spiro atoms. The highest BCUT2D eigenvalue weighted by atomic mass is 19.1. The van der Waals surface area contributed by atoms with Crippen LogP contribution in [-0.4, -0.2) is 25.1 Å². The van der Waals surface area contributed by atoms with Gasteiger partial charge in [0, 0.05) is 31.4 Å². The van der Waals surface area contributed by atoms with E-state index in [4.69, 9.17) is 0 Å². The minimum absolute atomic E-state index is 0.183. The van der Waals surface area contributed by atoms with Gasteiger partial charge in [-0.2, -0.15) is 0 Å². The molecular weight excluding hydrogens is 241 g/mol. The van der Waals surface area contributed by atoms with Crippen molar-refractivity contribution in [1.29, 1.82) is 0 Å². The standard InChI is InChI=1S/C15H24FN3/c1-11-5-4-6-13(9-11)19(3)15-14(16)12(10-17-2)7-8-18-15/h7-8,11,13,17H,4-6,9-10H2,1-3H3. The molecule has 2 rings (SSSR count). The van der Waals surface area contributed by atoms with E-state index in [1.165, 1.54) is 12.8 Å². The molecule has 1 fully saturated rings. The second kappa shape index (κ2) is 6.33. The van der Waals surface area contributed by atoms with Crippen molar-refractivity contribution in [2.45, 2.75) is 45.2 Å². The number of halogens is 1. The van der Waals surface area contributed by atoms with E-state index in [9.17, 15) is 4.39 Å². The maximum atomic E-state index is 14.4. The zero-order chi connectivity index (χ0) is 13.8. The third-order valence-electron chi connectivity index (χ3n) is 4.11. The van der Waals surface area contributed by atoms with E-state index in [0.717, 1.165) is 18.8 Å². The van der Waals surface area contributed by atoms with Crippen LogP contribution in [0.3, 0.4) is 0 Å². The van der Waals surface area contributed by atoms with Crippen LogP contribution in [0.2, 0.25) is 0 Å². The van der Waals surface area contributed by atoms with Gasteiger partial charge in [0.25, 0.3) is 0 Å². The maximum absolute atomic E-state index is 14.4. The molecule has 1 aromatic rings. The van der Waals surface area contributed by atoms with Gasteiger partial charge >= 0.3 is 0 Å². The molecule has 1 heterocycles. The van der Waals surface area contributed by atoms with Crippen molar-refractivity contribution in [2.24, 2.45) is 5.92 Å². The van der Waals surface area contributed by atoms with Gasteiger partial charge in [0.15, 0.2) is 11.6 Å². The first kappa shape index (κ1) is 14.3. The lowest BCUT2D eigenvalue weighted by Gasteiger charge is -2.35. The number of nitrogens with one attached hydrogen (secondary N) is 1. The lowest BCUT2D eigenvalue weighted by atomic mass is 9.86. The van der Waals surface area contributed by atoms with Gasteiger partial charge in [-0.1, -0.05) is 19.8 Å². The molecule has 3 nitrogen and oxygen atoms in total. The van der Waals surface area contributed by atoms with Crippen molar-refractivity contribution < 1.29 is 4.39 Å². The lowest BCUT2D eigenvalue weighted by molar-refractivity contribution is 0.334. The fraction of sp³-hybridized carbons (Fsp3) is 0.667. The van der Waals surface area contributed by atoms with Crippen molar-refractivity contribution in [3.8, 4) is 0 Å². The van der Waals surface area contributed by atoms with Crippen LogP contribution in [0.15, 0.2) is 12.3 Å². The lowest BCUT2D eigenvalue weighted by Crippen LogP contribution is -2.36. The summed E-state index contributed by atoms with van der Waals surface area (Å²) in [5, 5.41) is 2.99. The SMILES string of the molecule is CNCc1ccnc(N(C)C2CCCC(C)C2)c1F. The van der Waals surface area contributed by atoms with Crippen LogP contribution >= 0.6 is 0 Å². The minimum Gasteiger partial charge on any atom is -0.354 e. The van der Waals surface area contributed by atoms with E-state index in [-0.39, 0.29) is 5.82 Å². The summed E-state index contributed by atoms with van der Waals surface area (Å²) in [4.78, 5) is 6.28. The summed E-state index contributed by atoms with van der Waals surface area (Å²) in [6.07, 6.45) is 6.49. The number of hydrogen-bond acceptors (Lipinski definition) is 3. The van der Waals surface area contributed by atoms with E-state index in [1.54, 1.807) is 12.3 Å². The Balaban J connectivity index is 2.18. The normalized spacial score (nSPS) is 23.4. The van der Waals surface area contributed by atoms with Crippen LogP contribution in [0.1, 0.15) is 38.2 Å². The van der Waals surface area contributed by atoms with Crippen LogP contribution in [0.5, 0.6) is 0 Å². The molecule has 1 aliphatic rings. The summed E-state index contributed by atoms with van der Waals surface area (Å²) in [6, 6.07) is 2.16. The third kappa shape index (κ3) is 3.24. The van der Waals surface area contributed by atoms with E-state index >= 15 is 0 Å². The zero-order valence-electron chi connectivity index (χ0n) is 12.1. The summed E-state index contributed by atoms with van der Waals surface area (Å²) >= 11 is 0. The molecule has 0 saturated heterocycles. The largest absolute Gasteiger partial charge is 0.354 e. The monoisotopic (exact) mass is 265 g/mol. The van der Waals surface area contributed by atoms with Gasteiger partial charge < -0.3 is 10.2 Å². The molecule has 0 aliphatic heterocycles. The Hall–Kier alpha value is -1.16. The fourth-order valence-corrected chi connectivity index (χ4v) is 2.97. The second-order valence-electron chi connectivity index (χ2n) is 5.67. The van der Waals surface area contributed by atoms with E-state index < -0.39 is 0 Å². The summed E-state index contributed by atoms with van der Waals surface area (Å²) in [7, 11) is 3.79. The highest BCUT2D eigenvalue weighted by molar-refractivity contribution is 5.43. The van der Waals surface area contributed by atoms with Crippen LogP contribution in [0.25, 0.3) is 0 Å². The van der Waals surface area contributed by atoms with Gasteiger partial charge in [0.05, 0.1) is 0 Å². The van der Waals surface area contributed by atoms with Crippen molar-refractivity contribution in [1.82, 2.24) is 10.3 Å². The Bertz CT molecular complexity index is 422. The Morgan fingerprint density at radius 1 is 1.47 bits per heavy atom.